The van der Waals surface area contributed by atoms with Gasteiger partial charge in [0.25, 0.3) is 0 Å². The molecule has 1 fully saturated rings. The van der Waals surface area contributed by atoms with Gasteiger partial charge in [-0.1, -0.05) is 63.2 Å². The van der Waals surface area contributed by atoms with Crippen molar-refractivity contribution in [3.05, 3.63) is 88.5 Å². The van der Waals surface area contributed by atoms with E-state index in [0.717, 1.165) is 41.2 Å². The molecule has 2 aromatic carbocycles. The van der Waals surface area contributed by atoms with Crippen LogP contribution < -0.4 is 5.32 Å². The summed E-state index contributed by atoms with van der Waals surface area (Å²) in [5.41, 5.74) is 6.85. The Kier molecular flexibility index (Phi) is 6.07. The fraction of sp³-hybridized carbons (Fsp3) is 0.448. The summed E-state index contributed by atoms with van der Waals surface area (Å²) >= 11 is 0. The molecule has 1 atom stereocenters. The van der Waals surface area contributed by atoms with Crippen LogP contribution >= 0.6 is 0 Å². The van der Waals surface area contributed by atoms with Gasteiger partial charge < -0.3 is 0 Å². The van der Waals surface area contributed by atoms with Crippen LogP contribution in [0.25, 0.3) is 5.69 Å². The Hall–Kier alpha value is -3.32. The quantitative estimate of drug-likeness (QED) is 0.364. The van der Waals surface area contributed by atoms with Gasteiger partial charge in [-0.2, -0.15) is 9.78 Å². The van der Waals surface area contributed by atoms with Gasteiger partial charge in [0.2, 0.25) is 0 Å². The zero-order valence-corrected chi connectivity index (χ0v) is 22.4. The first-order valence-corrected chi connectivity index (χ1v) is 12.9. The lowest BCUT2D eigenvalue weighted by Gasteiger charge is -2.26. The van der Waals surface area contributed by atoms with Crippen molar-refractivity contribution in [2.45, 2.75) is 84.3 Å². The third kappa shape index (κ3) is 4.48. The summed E-state index contributed by atoms with van der Waals surface area (Å²) in [6.07, 6.45) is 4.17. The Morgan fingerprint density at radius 3 is 2.17 bits per heavy atom. The van der Waals surface area contributed by atoms with Gasteiger partial charge in [-0.25, -0.2) is 0 Å². The molecule has 0 saturated heterocycles. The molecule has 0 bridgehead atoms. The minimum absolute atomic E-state index is 0.125. The molecule has 7 heteroatoms. The molecule has 1 aliphatic rings. The smallest absolute Gasteiger partial charge is 0.179 e. The molecule has 0 amide bonds. The molecule has 0 aliphatic heterocycles. The van der Waals surface area contributed by atoms with Gasteiger partial charge in [0.1, 0.15) is 6.04 Å². The van der Waals surface area contributed by atoms with Gasteiger partial charge >= 0.3 is 0 Å². The highest BCUT2D eigenvalue weighted by Gasteiger charge is 2.47. The average molecular weight is 484 g/mol. The van der Waals surface area contributed by atoms with Crippen molar-refractivity contribution >= 4 is 0 Å². The first kappa shape index (κ1) is 24.4. The third-order valence-corrected chi connectivity index (χ3v) is 7.33. The van der Waals surface area contributed by atoms with E-state index in [1.807, 2.05) is 15.6 Å². The Balaban J connectivity index is 1.57. The Bertz CT molecular complexity index is 1330. The van der Waals surface area contributed by atoms with Gasteiger partial charge in [0.15, 0.2) is 5.82 Å². The normalized spacial score (nSPS) is 15.9. The zero-order chi connectivity index (χ0) is 25.7. The topological polar surface area (TPSA) is 73.5 Å². The van der Waals surface area contributed by atoms with Crippen LogP contribution in [-0.2, 0) is 11.0 Å². The fourth-order valence-corrected chi connectivity index (χ4v) is 4.95. The lowest BCUT2D eigenvalue weighted by Crippen LogP contribution is -2.35. The van der Waals surface area contributed by atoms with Crippen molar-refractivity contribution in [2.75, 3.05) is 0 Å². The second-order valence-corrected chi connectivity index (χ2v) is 11.5. The highest BCUT2D eigenvalue weighted by Crippen LogP contribution is 2.48. The molecular formula is C29H37N7. The first-order chi connectivity index (χ1) is 17.1. The molecule has 5 rings (SSSR count). The largest absolute Gasteiger partial charge is 0.293 e. The maximum Gasteiger partial charge on any atom is 0.179 e. The number of hydrogen-bond acceptors (Lipinski definition) is 5. The molecule has 1 aliphatic carbocycles. The van der Waals surface area contributed by atoms with Gasteiger partial charge in [0.05, 0.1) is 11.4 Å². The highest BCUT2D eigenvalue weighted by molar-refractivity contribution is 5.47. The predicted molar refractivity (Wildman–Crippen MR) is 142 cm³/mol. The van der Waals surface area contributed by atoms with Crippen molar-refractivity contribution in [1.29, 1.82) is 0 Å². The van der Waals surface area contributed by atoms with Crippen molar-refractivity contribution in [2.24, 2.45) is 0 Å². The molecule has 2 heterocycles. The summed E-state index contributed by atoms with van der Waals surface area (Å²) < 4.78 is 3.88. The Morgan fingerprint density at radius 2 is 1.61 bits per heavy atom. The minimum Gasteiger partial charge on any atom is -0.293 e. The summed E-state index contributed by atoms with van der Waals surface area (Å²) in [7, 11) is 0. The zero-order valence-electron chi connectivity index (χ0n) is 22.4. The number of nitrogens with zero attached hydrogens (tertiary/aromatic N) is 6. The summed E-state index contributed by atoms with van der Waals surface area (Å²) in [4.78, 5) is 0. The molecule has 188 valence electrons. The molecule has 1 unspecified atom stereocenters. The second-order valence-electron chi connectivity index (χ2n) is 11.5. The van der Waals surface area contributed by atoms with Crippen molar-refractivity contribution in [3.8, 4) is 5.69 Å². The van der Waals surface area contributed by atoms with Gasteiger partial charge in [-0.3, -0.25) is 10.00 Å². The van der Waals surface area contributed by atoms with E-state index in [9.17, 15) is 0 Å². The monoisotopic (exact) mass is 483 g/mol. The predicted octanol–water partition coefficient (Wildman–Crippen LogP) is 5.72. The van der Waals surface area contributed by atoms with Crippen LogP contribution in [0.2, 0.25) is 0 Å². The van der Waals surface area contributed by atoms with E-state index in [0.29, 0.717) is 0 Å². The van der Waals surface area contributed by atoms with E-state index in [-0.39, 0.29) is 23.0 Å². The number of aryl methyl sites for hydroxylation is 2. The van der Waals surface area contributed by atoms with Gasteiger partial charge in [-0.05, 0) is 84.7 Å². The van der Waals surface area contributed by atoms with Gasteiger partial charge in [-0.15, -0.1) is 5.10 Å². The number of benzene rings is 2. The molecule has 2 aromatic heterocycles. The summed E-state index contributed by atoms with van der Waals surface area (Å²) in [5.74, 6) is 0.749. The number of hydrogen-bond donors (Lipinski definition) is 1. The van der Waals surface area contributed by atoms with Crippen LogP contribution in [-0.4, -0.2) is 30.0 Å². The maximum atomic E-state index is 4.94. The second kappa shape index (κ2) is 8.96. The number of nitrogens with one attached hydrogen (secondary N) is 1. The summed E-state index contributed by atoms with van der Waals surface area (Å²) in [6, 6.07) is 17.4. The van der Waals surface area contributed by atoms with E-state index in [2.05, 4.69) is 118 Å². The van der Waals surface area contributed by atoms with E-state index < -0.39 is 0 Å². The Labute approximate surface area is 213 Å². The summed E-state index contributed by atoms with van der Waals surface area (Å²) in [6.45, 7) is 15.2. The average Bonchev–Trinajstić information content (AvgIpc) is 3.21. The standard InChI is InChI=1S/C29H37N7/c1-19(2)35-18-15-24(32-35)25(27-31-33-34-36(27)26-20(3)9-8-10-21(26)4)30-29(16-17-29)23-13-11-22(12-14-23)28(5,6)7/h8-15,18-19,25,30H,16-17H2,1-7H3. The fourth-order valence-electron chi connectivity index (χ4n) is 4.95. The molecule has 4 aromatic rings. The highest BCUT2D eigenvalue weighted by atomic mass is 15.6. The molecular weight excluding hydrogens is 446 g/mol. The summed E-state index contributed by atoms with van der Waals surface area (Å²) in [5, 5.41) is 22.0. The van der Waals surface area contributed by atoms with E-state index in [4.69, 9.17) is 5.10 Å². The molecule has 0 radical (unpaired) electrons. The number of aromatic nitrogens is 6. The van der Waals surface area contributed by atoms with Crippen molar-refractivity contribution in [1.82, 2.24) is 35.3 Å². The first-order valence-electron chi connectivity index (χ1n) is 12.9. The van der Waals surface area contributed by atoms with Crippen LogP contribution in [0, 0.1) is 13.8 Å². The van der Waals surface area contributed by atoms with E-state index in [1.165, 1.54) is 11.1 Å². The molecule has 1 saturated carbocycles. The molecule has 1 N–H and O–H groups in total. The van der Waals surface area contributed by atoms with Crippen LogP contribution in [0.4, 0.5) is 0 Å². The van der Waals surface area contributed by atoms with Crippen LogP contribution in [0.5, 0.6) is 0 Å². The number of rotatable bonds is 7. The lowest BCUT2D eigenvalue weighted by atomic mass is 9.86. The number of para-hydroxylation sites is 1. The van der Waals surface area contributed by atoms with Crippen molar-refractivity contribution in [3.63, 3.8) is 0 Å². The Morgan fingerprint density at radius 1 is 0.944 bits per heavy atom. The third-order valence-electron chi connectivity index (χ3n) is 7.33. The minimum atomic E-state index is -0.260. The van der Waals surface area contributed by atoms with E-state index >= 15 is 0 Å². The molecule has 7 nitrogen and oxygen atoms in total. The van der Waals surface area contributed by atoms with Crippen LogP contribution in [0.15, 0.2) is 54.7 Å². The van der Waals surface area contributed by atoms with Crippen LogP contribution in [0.3, 0.4) is 0 Å². The van der Waals surface area contributed by atoms with Gasteiger partial charge in [0, 0.05) is 17.8 Å². The van der Waals surface area contributed by atoms with Crippen molar-refractivity contribution < 1.29 is 0 Å². The molecule has 0 spiro atoms. The van der Waals surface area contributed by atoms with E-state index in [1.54, 1.807) is 0 Å². The number of tetrazole rings is 1. The molecule has 36 heavy (non-hydrogen) atoms. The lowest BCUT2D eigenvalue weighted by molar-refractivity contribution is 0.433. The van der Waals surface area contributed by atoms with Crippen LogP contribution in [0.1, 0.15) is 93.3 Å². The maximum absolute atomic E-state index is 4.94. The SMILES string of the molecule is Cc1cccc(C)c1-n1nnnc1C(NC1(c2ccc(C(C)(C)C)cc2)CC1)c1ccn(C(C)C)n1.